The molecule has 1 aliphatic rings. The Bertz CT molecular complexity index is 426. The number of nitrogens with one attached hydrogen (secondary N) is 1. The molecule has 7 nitrogen and oxygen atoms in total. The molecule has 0 unspecified atom stereocenters. The van der Waals surface area contributed by atoms with Gasteiger partial charge in [0, 0.05) is 19.6 Å². The van der Waals surface area contributed by atoms with Crippen molar-refractivity contribution in [3.05, 3.63) is 11.9 Å². The van der Waals surface area contributed by atoms with E-state index in [1.807, 2.05) is 11.1 Å². The number of carbonyl (C=O) groups is 1. The largest absolute Gasteiger partial charge is 0.378 e. The van der Waals surface area contributed by atoms with Crippen molar-refractivity contribution < 1.29 is 9.53 Å². The van der Waals surface area contributed by atoms with E-state index < -0.39 is 0 Å². The van der Waals surface area contributed by atoms with E-state index in [1.54, 1.807) is 4.68 Å². The third-order valence-electron chi connectivity index (χ3n) is 3.11. The number of nitrogens with zero attached hydrogens (tertiary/aromatic N) is 4. The summed E-state index contributed by atoms with van der Waals surface area (Å²) in [6.07, 6.45) is 1.83. The summed E-state index contributed by atoms with van der Waals surface area (Å²) in [6.45, 7) is 8.75. The third-order valence-corrected chi connectivity index (χ3v) is 3.11. The quantitative estimate of drug-likeness (QED) is 0.787. The fourth-order valence-corrected chi connectivity index (χ4v) is 2.04. The van der Waals surface area contributed by atoms with Gasteiger partial charge in [-0.1, -0.05) is 19.1 Å². The van der Waals surface area contributed by atoms with E-state index >= 15 is 0 Å². The second kappa shape index (κ2) is 7.35. The number of hydrogen-bond donors (Lipinski definition) is 1. The molecule has 112 valence electrons. The van der Waals surface area contributed by atoms with Gasteiger partial charge >= 0.3 is 0 Å². The van der Waals surface area contributed by atoms with E-state index in [-0.39, 0.29) is 12.5 Å². The van der Waals surface area contributed by atoms with Crippen molar-refractivity contribution in [1.29, 1.82) is 0 Å². The standard InChI is InChI=1S/C13H23N5O2/c1-11(2)7-14-8-12-9-18(16-15-12)10-13(19)17-3-5-20-6-4-17/h9,11,14H,3-8,10H2,1-2H3. The fourth-order valence-electron chi connectivity index (χ4n) is 2.04. The van der Waals surface area contributed by atoms with Gasteiger partial charge in [-0.2, -0.15) is 0 Å². The Morgan fingerprint density at radius 3 is 2.90 bits per heavy atom. The molecule has 1 saturated heterocycles. The molecule has 1 aromatic heterocycles. The van der Waals surface area contributed by atoms with Crippen molar-refractivity contribution in [3.8, 4) is 0 Å². The van der Waals surface area contributed by atoms with E-state index in [0.717, 1.165) is 12.2 Å². The van der Waals surface area contributed by atoms with Gasteiger partial charge in [0.2, 0.25) is 5.91 Å². The molecule has 0 aliphatic carbocycles. The first-order valence-electron chi connectivity index (χ1n) is 7.10. The summed E-state index contributed by atoms with van der Waals surface area (Å²) in [5, 5.41) is 11.4. The summed E-state index contributed by atoms with van der Waals surface area (Å²) in [7, 11) is 0. The van der Waals surface area contributed by atoms with Crippen LogP contribution in [0.1, 0.15) is 19.5 Å². The molecule has 1 fully saturated rings. The summed E-state index contributed by atoms with van der Waals surface area (Å²) >= 11 is 0. The Morgan fingerprint density at radius 1 is 1.45 bits per heavy atom. The van der Waals surface area contributed by atoms with Crippen molar-refractivity contribution in [2.45, 2.75) is 26.9 Å². The highest BCUT2D eigenvalue weighted by Gasteiger charge is 2.17. The summed E-state index contributed by atoms with van der Waals surface area (Å²) < 4.78 is 6.83. The minimum absolute atomic E-state index is 0.0693. The molecule has 0 aromatic carbocycles. The zero-order valence-electron chi connectivity index (χ0n) is 12.2. The first-order chi connectivity index (χ1) is 9.65. The molecule has 20 heavy (non-hydrogen) atoms. The van der Waals surface area contributed by atoms with E-state index in [4.69, 9.17) is 4.74 Å². The van der Waals surface area contributed by atoms with Crippen molar-refractivity contribution in [1.82, 2.24) is 25.2 Å². The first kappa shape index (κ1) is 14.9. The van der Waals surface area contributed by atoms with E-state index in [2.05, 4.69) is 29.5 Å². The lowest BCUT2D eigenvalue weighted by atomic mass is 10.2. The Kier molecular flexibility index (Phi) is 5.49. The van der Waals surface area contributed by atoms with Crippen LogP contribution in [0.25, 0.3) is 0 Å². The molecular weight excluding hydrogens is 258 g/mol. The van der Waals surface area contributed by atoms with Gasteiger partial charge in [-0.25, -0.2) is 4.68 Å². The lowest BCUT2D eigenvalue weighted by Crippen LogP contribution is -2.42. The number of hydrogen-bond acceptors (Lipinski definition) is 5. The normalized spacial score (nSPS) is 15.8. The van der Waals surface area contributed by atoms with Crippen LogP contribution in [0.15, 0.2) is 6.20 Å². The maximum atomic E-state index is 12.0. The summed E-state index contributed by atoms with van der Waals surface area (Å²) in [6, 6.07) is 0. The lowest BCUT2D eigenvalue weighted by molar-refractivity contribution is -0.136. The number of ether oxygens (including phenoxy) is 1. The molecule has 0 atom stereocenters. The van der Waals surface area contributed by atoms with Gasteiger partial charge in [0.25, 0.3) is 0 Å². The van der Waals surface area contributed by atoms with Gasteiger partial charge in [-0.15, -0.1) is 5.10 Å². The third kappa shape index (κ3) is 4.57. The van der Waals surface area contributed by atoms with Crippen LogP contribution in [-0.4, -0.2) is 58.6 Å². The van der Waals surface area contributed by atoms with E-state index in [9.17, 15) is 4.79 Å². The minimum atomic E-state index is 0.0693. The smallest absolute Gasteiger partial charge is 0.244 e. The fraction of sp³-hybridized carbons (Fsp3) is 0.769. The summed E-state index contributed by atoms with van der Waals surface area (Å²) in [4.78, 5) is 13.9. The van der Waals surface area contributed by atoms with Gasteiger partial charge in [0.15, 0.2) is 0 Å². The van der Waals surface area contributed by atoms with Crippen LogP contribution in [0.2, 0.25) is 0 Å². The molecule has 0 radical (unpaired) electrons. The van der Waals surface area contributed by atoms with Gasteiger partial charge in [-0.05, 0) is 12.5 Å². The van der Waals surface area contributed by atoms with E-state index in [1.165, 1.54) is 0 Å². The number of rotatable bonds is 6. The minimum Gasteiger partial charge on any atom is -0.378 e. The number of amides is 1. The molecule has 1 aromatic rings. The monoisotopic (exact) mass is 281 g/mol. The second-order valence-electron chi connectivity index (χ2n) is 5.43. The van der Waals surface area contributed by atoms with Crippen LogP contribution < -0.4 is 5.32 Å². The molecule has 2 rings (SSSR count). The SMILES string of the molecule is CC(C)CNCc1cn(CC(=O)N2CCOCC2)nn1. The first-order valence-corrected chi connectivity index (χ1v) is 7.10. The van der Waals surface area contributed by atoms with Crippen LogP contribution in [0, 0.1) is 5.92 Å². The highest BCUT2D eigenvalue weighted by Crippen LogP contribution is 2.00. The molecule has 7 heteroatoms. The lowest BCUT2D eigenvalue weighted by Gasteiger charge is -2.26. The summed E-state index contributed by atoms with van der Waals surface area (Å²) in [5.74, 6) is 0.674. The number of morpholine rings is 1. The van der Waals surface area contributed by atoms with Crippen molar-refractivity contribution in [3.63, 3.8) is 0 Å². The molecule has 2 heterocycles. The Balaban J connectivity index is 1.78. The Morgan fingerprint density at radius 2 is 2.20 bits per heavy atom. The van der Waals surface area contributed by atoms with Gasteiger partial charge < -0.3 is 15.0 Å². The predicted molar refractivity (Wildman–Crippen MR) is 74.0 cm³/mol. The maximum absolute atomic E-state index is 12.0. The van der Waals surface area contributed by atoms with Gasteiger partial charge in [0.05, 0.1) is 25.1 Å². The van der Waals surface area contributed by atoms with Crippen molar-refractivity contribution >= 4 is 5.91 Å². The molecule has 1 aliphatic heterocycles. The topological polar surface area (TPSA) is 72.3 Å². The van der Waals surface area contributed by atoms with Gasteiger partial charge in [-0.3, -0.25) is 4.79 Å². The van der Waals surface area contributed by atoms with Crippen LogP contribution in [0.4, 0.5) is 0 Å². The molecular formula is C13H23N5O2. The highest BCUT2D eigenvalue weighted by atomic mass is 16.5. The van der Waals surface area contributed by atoms with Crippen LogP contribution in [0.3, 0.4) is 0 Å². The van der Waals surface area contributed by atoms with Crippen LogP contribution in [-0.2, 0) is 22.6 Å². The highest BCUT2D eigenvalue weighted by molar-refractivity contribution is 5.75. The molecule has 0 spiro atoms. The van der Waals surface area contributed by atoms with Crippen LogP contribution >= 0.6 is 0 Å². The maximum Gasteiger partial charge on any atom is 0.244 e. The van der Waals surface area contributed by atoms with E-state index in [0.29, 0.717) is 38.8 Å². The van der Waals surface area contributed by atoms with Crippen LogP contribution in [0.5, 0.6) is 0 Å². The second-order valence-corrected chi connectivity index (χ2v) is 5.43. The van der Waals surface area contributed by atoms with Crippen molar-refractivity contribution in [2.75, 3.05) is 32.8 Å². The Labute approximate surface area is 119 Å². The molecule has 0 bridgehead atoms. The predicted octanol–water partition coefficient (Wildman–Crippen LogP) is -0.117. The summed E-state index contributed by atoms with van der Waals surface area (Å²) in [5.41, 5.74) is 0.862. The number of aromatic nitrogens is 3. The average Bonchev–Trinajstić information content (AvgIpc) is 2.87. The molecule has 1 amide bonds. The molecule has 1 N–H and O–H groups in total. The zero-order chi connectivity index (χ0) is 14.4. The van der Waals surface area contributed by atoms with Crippen molar-refractivity contribution in [2.24, 2.45) is 5.92 Å². The zero-order valence-corrected chi connectivity index (χ0v) is 12.2. The van der Waals surface area contributed by atoms with Gasteiger partial charge in [0.1, 0.15) is 6.54 Å². The Hall–Kier alpha value is -1.47. The average molecular weight is 281 g/mol. The number of carbonyl (C=O) groups excluding carboxylic acids is 1. The molecule has 0 saturated carbocycles.